The molecule has 0 unspecified atom stereocenters. The van der Waals surface area contributed by atoms with E-state index in [-0.39, 0.29) is 5.84 Å². The summed E-state index contributed by atoms with van der Waals surface area (Å²) in [4.78, 5) is 6.79. The van der Waals surface area contributed by atoms with Gasteiger partial charge < -0.3 is 10.6 Å². The standard InChI is InChI=1S/C12H18N4/c1-3-16(9-5-6-9)12-10(11(13)14)7-4-8(2)15-12/h4,7,9H,3,5-6H2,1-2H3,(H3,13,14). The number of hydrogen-bond donors (Lipinski definition) is 2. The third-order valence-electron chi connectivity index (χ3n) is 2.90. The number of aryl methyl sites for hydroxylation is 1. The highest BCUT2D eigenvalue weighted by atomic mass is 15.2. The number of nitrogens with one attached hydrogen (secondary N) is 1. The summed E-state index contributed by atoms with van der Waals surface area (Å²) in [7, 11) is 0. The maximum absolute atomic E-state index is 7.59. The molecule has 0 spiro atoms. The van der Waals surface area contributed by atoms with Crippen LogP contribution in [0.15, 0.2) is 12.1 Å². The average molecular weight is 218 g/mol. The number of nitrogen functional groups attached to an aromatic ring is 1. The molecule has 0 radical (unpaired) electrons. The van der Waals surface area contributed by atoms with Crippen LogP contribution in [0.5, 0.6) is 0 Å². The largest absolute Gasteiger partial charge is 0.384 e. The summed E-state index contributed by atoms with van der Waals surface area (Å²) in [6, 6.07) is 4.39. The van der Waals surface area contributed by atoms with Gasteiger partial charge in [-0.25, -0.2) is 4.98 Å². The second-order valence-corrected chi connectivity index (χ2v) is 4.25. The number of rotatable bonds is 4. The van der Waals surface area contributed by atoms with Gasteiger partial charge in [0.1, 0.15) is 11.7 Å². The minimum atomic E-state index is 0.0987. The normalized spacial score (nSPS) is 14.9. The topological polar surface area (TPSA) is 66.0 Å². The summed E-state index contributed by atoms with van der Waals surface area (Å²) in [5.41, 5.74) is 7.32. The molecular weight excluding hydrogens is 200 g/mol. The van der Waals surface area contributed by atoms with Crippen LogP contribution in [-0.4, -0.2) is 23.4 Å². The fourth-order valence-corrected chi connectivity index (χ4v) is 1.94. The lowest BCUT2D eigenvalue weighted by molar-refractivity contribution is 0.804. The van der Waals surface area contributed by atoms with Gasteiger partial charge >= 0.3 is 0 Å². The first-order valence-electron chi connectivity index (χ1n) is 5.72. The van der Waals surface area contributed by atoms with E-state index in [1.807, 2.05) is 19.1 Å². The molecule has 0 saturated heterocycles. The molecule has 1 saturated carbocycles. The number of hydrogen-bond acceptors (Lipinski definition) is 3. The van der Waals surface area contributed by atoms with Gasteiger partial charge in [-0.1, -0.05) is 0 Å². The number of nitrogens with two attached hydrogens (primary N) is 1. The molecule has 0 atom stereocenters. The van der Waals surface area contributed by atoms with Gasteiger partial charge in [-0.3, -0.25) is 5.41 Å². The van der Waals surface area contributed by atoms with Crippen molar-refractivity contribution < 1.29 is 0 Å². The van der Waals surface area contributed by atoms with E-state index in [4.69, 9.17) is 11.1 Å². The van der Waals surface area contributed by atoms with Gasteiger partial charge in [-0.15, -0.1) is 0 Å². The van der Waals surface area contributed by atoms with Gasteiger partial charge in [0, 0.05) is 18.3 Å². The van der Waals surface area contributed by atoms with Crippen molar-refractivity contribution in [3.05, 3.63) is 23.4 Å². The van der Waals surface area contributed by atoms with Crippen LogP contribution >= 0.6 is 0 Å². The van der Waals surface area contributed by atoms with Crippen LogP contribution in [0.2, 0.25) is 0 Å². The zero-order valence-corrected chi connectivity index (χ0v) is 9.83. The summed E-state index contributed by atoms with van der Waals surface area (Å²) in [6.45, 7) is 5.00. The molecule has 4 heteroatoms. The quantitative estimate of drug-likeness (QED) is 0.596. The molecule has 0 amide bonds. The van der Waals surface area contributed by atoms with Gasteiger partial charge in [-0.05, 0) is 38.8 Å². The molecule has 1 aliphatic carbocycles. The number of amidine groups is 1. The lowest BCUT2D eigenvalue weighted by atomic mass is 10.2. The molecule has 0 aromatic carbocycles. The molecule has 2 rings (SSSR count). The second-order valence-electron chi connectivity index (χ2n) is 4.25. The van der Waals surface area contributed by atoms with E-state index in [0.29, 0.717) is 6.04 Å². The van der Waals surface area contributed by atoms with Crippen molar-refractivity contribution in [2.45, 2.75) is 32.7 Å². The maximum atomic E-state index is 7.59. The summed E-state index contributed by atoms with van der Waals surface area (Å²) in [6.07, 6.45) is 2.45. The second kappa shape index (κ2) is 4.12. The molecule has 86 valence electrons. The van der Waals surface area contributed by atoms with Gasteiger partial charge in [0.15, 0.2) is 0 Å². The first kappa shape index (κ1) is 10.9. The van der Waals surface area contributed by atoms with E-state index >= 15 is 0 Å². The molecule has 3 N–H and O–H groups in total. The van der Waals surface area contributed by atoms with E-state index in [1.54, 1.807) is 0 Å². The minimum Gasteiger partial charge on any atom is -0.384 e. The molecule has 1 fully saturated rings. The first-order valence-corrected chi connectivity index (χ1v) is 5.72. The van der Waals surface area contributed by atoms with Gasteiger partial charge in [-0.2, -0.15) is 0 Å². The first-order chi connectivity index (χ1) is 7.63. The van der Waals surface area contributed by atoms with Crippen molar-refractivity contribution in [2.75, 3.05) is 11.4 Å². The number of aromatic nitrogens is 1. The molecule has 0 bridgehead atoms. The Hall–Kier alpha value is -1.58. The number of pyridine rings is 1. The van der Waals surface area contributed by atoms with E-state index in [2.05, 4.69) is 16.8 Å². The smallest absolute Gasteiger partial charge is 0.140 e. The van der Waals surface area contributed by atoms with Crippen molar-refractivity contribution in [2.24, 2.45) is 5.73 Å². The van der Waals surface area contributed by atoms with Crippen LogP contribution in [0, 0.1) is 12.3 Å². The molecular formula is C12H18N4. The SMILES string of the molecule is CCN(c1nc(C)ccc1C(=N)N)C1CC1. The van der Waals surface area contributed by atoms with Crippen LogP contribution in [0.25, 0.3) is 0 Å². The molecule has 4 nitrogen and oxygen atoms in total. The highest BCUT2D eigenvalue weighted by Crippen LogP contribution is 2.32. The fraction of sp³-hybridized carbons (Fsp3) is 0.500. The predicted octanol–water partition coefficient (Wildman–Crippen LogP) is 1.66. The average Bonchev–Trinajstić information content (AvgIpc) is 3.03. The van der Waals surface area contributed by atoms with Crippen molar-refractivity contribution in [1.29, 1.82) is 5.41 Å². The maximum Gasteiger partial charge on any atom is 0.140 e. The number of anilines is 1. The third-order valence-corrected chi connectivity index (χ3v) is 2.90. The van der Waals surface area contributed by atoms with E-state index in [1.165, 1.54) is 12.8 Å². The monoisotopic (exact) mass is 218 g/mol. The Bertz CT molecular complexity index is 409. The fourth-order valence-electron chi connectivity index (χ4n) is 1.94. The summed E-state index contributed by atoms with van der Waals surface area (Å²) < 4.78 is 0. The van der Waals surface area contributed by atoms with Gasteiger partial charge in [0.2, 0.25) is 0 Å². The van der Waals surface area contributed by atoms with Crippen LogP contribution < -0.4 is 10.6 Å². The van der Waals surface area contributed by atoms with Crippen molar-refractivity contribution in [3.8, 4) is 0 Å². The zero-order valence-electron chi connectivity index (χ0n) is 9.83. The summed E-state index contributed by atoms with van der Waals surface area (Å²) >= 11 is 0. The van der Waals surface area contributed by atoms with Gasteiger partial charge in [0.25, 0.3) is 0 Å². The van der Waals surface area contributed by atoms with E-state index in [9.17, 15) is 0 Å². The summed E-state index contributed by atoms with van der Waals surface area (Å²) in [5, 5.41) is 7.59. The molecule has 16 heavy (non-hydrogen) atoms. The highest BCUT2D eigenvalue weighted by Gasteiger charge is 2.30. The van der Waals surface area contributed by atoms with Crippen LogP contribution in [0.3, 0.4) is 0 Å². The molecule has 0 aliphatic heterocycles. The van der Waals surface area contributed by atoms with Gasteiger partial charge in [0.05, 0.1) is 5.56 Å². The molecule has 1 heterocycles. The zero-order chi connectivity index (χ0) is 11.7. The van der Waals surface area contributed by atoms with E-state index < -0.39 is 0 Å². The van der Waals surface area contributed by atoms with Crippen molar-refractivity contribution >= 4 is 11.7 Å². The molecule has 1 aliphatic rings. The van der Waals surface area contributed by atoms with Crippen LogP contribution in [-0.2, 0) is 0 Å². The Kier molecular flexibility index (Phi) is 2.81. The highest BCUT2D eigenvalue weighted by molar-refractivity contribution is 5.99. The van der Waals surface area contributed by atoms with Crippen molar-refractivity contribution in [3.63, 3.8) is 0 Å². The minimum absolute atomic E-state index is 0.0987. The molecule has 1 aromatic heterocycles. The van der Waals surface area contributed by atoms with Crippen molar-refractivity contribution in [1.82, 2.24) is 4.98 Å². The Labute approximate surface area is 96.0 Å². The number of nitrogens with zero attached hydrogens (tertiary/aromatic N) is 2. The lowest BCUT2D eigenvalue weighted by Crippen LogP contribution is -2.29. The lowest BCUT2D eigenvalue weighted by Gasteiger charge is -2.24. The predicted molar refractivity (Wildman–Crippen MR) is 66.0 cm³/mol. The molecule has 1 aromatic rings. The Morgan fingerprint density at radius 3 is 2.75 bits per heavy atom. The Morgan fingerprint density at radius 1 is 1.56 bits per heavy atom. The Morgan fingerprint density at radius 2 is 2.25 bits per heavy atom. The third kappa shape index (κ3) is 2.01. The van der Waals surface area contributed by atoms with Crippen LogP contribution in [0.4, 0.5) is 5.82 Å². The summed E-state index contributed by atoms with van der Waals surface area (Å²) in [5.74, 6) is 0.971. The van der Waals surface area contributed by atoms with E-state index in [0.717, 1.165) is 23.6 Å². The van der Waals surface area contributed by atoms with Crippen LogP contribution in [0.1, 0.15) is 31.0 Å². The Balaban J connectivity index is 2.42.